The van der Waals surface area contributed by atoms with E-state index in [0.29, 0.717) is 22.3 Å². The number of ether oxygens (including phenoxy) is 2. The summed E-state index contributed by atoms with van der Waals surface area (Å²) < 4.78 is 10.4. The van der Waals surface area contributed by atoms with Gasteiger partial charge in [0.05, 0.1) is 14.2 Å². The van der Waals surface area contributed by atoms with Crippen LogP contribution in [0.15, 0.2) is 68.6 Å². The third-order valence-electron chi connectivity index (χ3n) is 4.04. The van der Waals surface area contributed by atoms with Gasteiger partial charge in [-0.15, -0.1) is 0 Å². The summed E-state index contributed by atoms with van der Waals surface area (Å²) in [6.45, 7) is 0. The fraction of sp³-hybridized carbons (Fsp3) is 0.250. The largest absolute Gasteiger partial charge is 0.497 e. The molecule has 1 heterocycles. The summed E-state index contributed by atoms with van der Waals surface area (Å²) >= 11 is 3.02. The fourth-order valence-corrected chi connectivity index (χ4v) is 3.95. The Morgan fingerprint density at radius 3 is 1.61 bits per heavy atom. The Hall–Kier alpha value is -2.45. The van der Waals surface area contributed by atoms with Crippen molar-refractivity contribution in [1.82, 2.24) is 15.0 Å². The van der Waals surface area contributed by atoms with Crippen molar-refractivity contribution in [3.8, 4) is 11.5 Å². The lowest BCUT2D eigenvalue weighted by Crippen LogP contribution is -2.07. The minimum absolute atomic E-state index is 0.472. The first kappa shape index (κ1) is 18.9. The van der Waals surface area contributed by atoms with Crippen LogP contribution in [0.25, 0.3) is 0 Å². The highest BCUT2D eigenvalue weighted by Gasteiger charge is 2.23. The summed E-state index contributed by atoms with van der Waals surface area (Å²) in [7, 11) is 3.32. The summed E-state index contributed by atoms with van der Waals surface area (Å²) in [5.74, 6) is 2.28. The molecular weight excluding hydrogens is 392 g/mol. The van der Waals surface area contributed by atoms with Gasteiger partial charge >= 0.3 is 0 Å². The van der Waals surface area contributed by atoms with E-state index in [1.807, 2.05) is 48.5 Å². The normalized spacial score (nSPS) is 13.2. The van der Waals surface area contributed by atoms with Crippen LogP contribution >= 0.6 is 23.5 Å². The highest BCUT2D eigenvalue weighted by molar-refractivity contribution is 7.99. The predicted octanol–water partition coefficient (Wildman–Crippen LogP) is 4.77. The monoisotopic (exact) mass is 412 g/mol. The average molecular weight is 413 g/mol. The van der Waals surface area contributed by atoms with Gasteiger partial charge in [-0.1, -0.05) is 0 Å². The second-order valence-electron chi connectivity index (χ2n) is 6.20. The Labute approximate surface area is 172 Å². The summed E-state index contributed by atoms with van der Waals surface area (Å²) in [5, 5.41) is 4.71. The van der Waals surface area contributed by atoms with Gasteiger partial charge in [0.25, 0.3) is 0 Å². The Morgan fingerprint density at radius 1 is 0.750 bits per heavy atom. The van der Waals surface area contributed by atoms with Crippen molar-refractivity contribution in [3.63, 3.8) is 0 Å². The van der Waals surface area contributed by atoms with Gasteiger partial charge in [-0.25, -0.2) is 0 Å². The van der Waals surface area contributed by atoms with Gasteiger partial charge in [-0.05, 0) is 84.9 Å². The molecule has 1 saturated carbocycles. The molecule has 28 heavy (non-hydrogen) atoms. The first-order chi connectivity index (χ1) is 13.7. The molecule has 4 rings (SSSR count). The first-order valence-electron chi connectivity index (χ1n) is 8.88. The zero-order valence-electron chi connectivity index (χ0n) is 15.6. The summed E-state index contributed by atoms with van der Waals surface area (Å²) in [6.07, 6.45) is 2.32. The Bertz CT molecular complexity index is 864. The van der Waals surface area contributed by atoms with Crippen LogP contribution in [0.5, 0.6) is 11.5 Å². The molecule has 6 nitrogen and oxygen atoms in total. The van der Waals surface area contributed by atoms with Gasteiger partial charge in [0, 0.05) is 15.8 Å². The molecular formula is C20H20N4O2S2. The number of nitrogens with zero attached hydrogens (tertiary/aromatic N) is 3. The maximum atomic E-state index is 5.22. The molecule has 1 aromatic heterocycles. The van der Waals surface area contributed by atoms with Gasteiger partial charge in [0.1, 0.15) is 11.5 Å². The van der Waals surface area contributed by atoms with Crippen molar-refractivity contribution in [3.05, 3.63) is 48.5 Å². The van der Waals surface area contributed by atoms with E-state index < -0.39 is 0 Å². The maximum Gasteiger partial charge on any atom is 0.227 e. The van der Waals surface area contributed by atoms with E-state index in [4.69, 9.17) is 9.47 Å². The van der Waals surface area contributed by atoms with Gasteiger partial charge in [0.15, 0.2) is 10.3 Å². The van der Waals surface area contributed by atoms with Crippen LogP contribution in [-0.4, -0.2) is 35.2 Å². The Balaban J connectivity index is 1.56. The number of nitrogens with one attached hydrogen (secondary N) is 1. The van der Waals surface area contributed by atoms with Crippen molar-refractivity contribution >= 4 is 29.5 Å². The zero-order chi connectivity index (χ0) is 19.3. The van der Waals surface area contributed by atoms with E-state index in [1.165, 1.54) is 23.5 Å². The van der Waals surface area contributed by atoms with Crippen LogP contribution in [0, 0.1) is 0 Å². The lowest BCUT2D eigenvalue weighted by Gasteiger charge is -2.08. The number of methoxy groups -OCH3 is 2. The minimum Gasteiger partial charge on any atom is -0.497 e. The van der Waals surface area contributed by atoms with Crippen LogP contribution in [0.1, 0.15) is 12.8 Å². The molecule has 144 valence electrons. The molecule has 0 amide bonds. The number of rotatable bonds is 8. The maximum absolute atomic E-state index is 5.22. The molecule has 1 N–H and O–H groups in total. The van der Waals surface area contributed by atoms with Crippen molar-refractivity contribution in [2.45, 2.75) is 39.0 Å². The second kappa shape index (κ2) is 8.70. The van der Waals surface area contributed by atoms with Crippen molar-refractivity contribution in [2.24, 2.45) is 0 Å². The molecule has 0 aliphatic heterocycles. The fourth-order valence-electron chi connectivity index (χ4n) is 2.40. The van der Waals surface area contributed by atoms with Crippen molar-refractivity contribution in [2.75, 3.05) is 19.5 Å². The van der Waals surface area contributed by atoms with Crippen LogP contribution in [0.4, 0.5) is 5.95 Å². The molecule has 0 saturated heterocycles. The minimum atomic E-state index is 0.472. The second-order valence-corrected chi connectivity index (χ2v) is 8.28. The predicted molar refractivity (Wildman–Crippen MR) is 111 cm³/mol. The molecule has 2 aromatic carbocycles. The van der Waals surface area contributed by atoms with E-state index in [0.717, 1.165) is 34.1 Å². The lowest BCUT2D eigenvalue weighted by molar-refractivity contribution is 0.414. The molecule has 0 bridgehead atoms. The van der Waals surface area contributed by atoms with Gasteiger partial charge in [-0.3, -0.25) is 0 Å². The highest BCUT2D eigenvalue weighted by Crippen LogP contribution is 2.32. The third-order valence-corrected chi connectivity index (χ3v) is 5.79. The summed E-state index contributed by atoms with van der Waals surface area (Å²) in [4.78, 5) is 15.9. The van der Waals surface area contributed by atoms with Gasteiger partial charge < -0.3 is 14.8 Å². The highest BCUT2D eigenvalue weighted by atomic mass is 32.2. The molecule has 1 aliphatic rings. The molecule has 8 heteroatoms. The molecule has 0 atom stereocenters. The number of benzene rings is 2. The zero-order valence-corrected chi connectivity index (χ0v) is 17.2. The van der Waals surface area contributed by atoms with Crippen LogP contribution in [0.3, 0.4) is 0 Å². The smallest absolute Gasteiger partial charge is 0.227 e. The van der Waals surface area contributed by atoms with Crippen LogP contribution in [0.2, 0.25) is 0 Å². The van der Waals surface area contributed by atoms with E-state index in [9.17, 15) is 0 Å². The topological polar surface area (TPSA) is 69.2 Å². The molecule has 1 fully saturated rings. The van der Waals surface area contributed by atoms with Gasteiger partial charge in [-0.2, -0.15) is 15.0 Å². The Morgan fingerprint density at radius 2 is 1.21 bits per heavy atom. The van der Waals surface area contributed by atoms with E-state index in [1.54, 1.807) is 14.2 Å². The first-order valence-corrected chi connectivity index (χ1v) is 10.5. The number of anilines is 1. The summed E-state index contributed by atoms with van der Waals surface area (Å²) in [6, 6.07) is 16.2. The van der Waals surface area contributed by atoms with E-state index >= 15 is 0 Å². The van der Waals surface area contributed by atoms with Gasteiger partial charge in [0.2, 0.25) is 5.95 Å². The van der Waals surface area contributed by atoms with Crippen LogP contribution < -0.4 is 14.8 Å². The number of hydrogen-bond acceptors (Lipinski definition) is 8. The standard InChI is InChI=1S/C20H20N4O2S2/c1-25-14-5-9-16(10-6-14)27-19-22-18(21-13-3-4-13)23-20(24-19)28-17-11-7-15(26-2)8-12-17/h5-13H,3-4H2,1-2H3,(H,21,22,23,24). The average Bonchev–Trinajstić information content (AvgIpc) is 3.53. The number of hydrogen-bond donors (Lipinski definition) is 1. The SMILES string of the molecule is COc1ccc(Sc2nc(NC3CC3)nc(Sc3ccc(OC)cc3)n2)cc1. The quantitative estimate of drug-likeness (QED) is 0.568. The third kappa shape index (κ3) is 5.08. The Kier molecular flexibility index (Phi) is 5.87. The molecule has 3 aromatic rings. The molecule has 0 radical (unpaired) electrons. The summed E-state index contributed by atoms with van der Waals surface area (Å²) in [5.41, 5.74) is 0. The number of aromatic nitrogens is 3. The molecule has 0 spiro atoms. The molecule has 1 aliphatic carbocycles. The van der Waals surface area contributed by atoms with Crippen molar-refractivity contribution < 1.29 is 9.47 Å². The van der Waals surface area contributed by atoms with E-state index in [-0.39, 0.29) is 0 Å². The van der Waals surface area contributed by atoms with Crippen molar-refractivity contribution in [1.29, 1.82) is 0 Å². The van der Waals surface area contributed by atoms with Crippen LogP contribution in [-0.2, 0) is 0 Å². The molecule has 0 unspecified atom stereocenters. The lowest BCUT2D eigenvalue weighted by atomic mass is 10.3. The van der Waals surface area contributed by atoms with E-state index in [2.05, 4.69) is 20.3 Å².